The van der Waals surface area contributed by atoms with Crippen molar-refractivity contribution in [2.24, 2.45) is 5.92 Å². The molecule has 1 aliphatic heterocycles. The number of aromatic nitrogens is 1. The standard InChI is InChI=1S/C16H27N3O2/c1-4-19(10-13-6-5-9-20-13)15-8-7-14(17)16(18-15)21-11-12(2)3/h7-8,12-13H,4-6,9-11,17H2,1-3H3. The third-order valence-electron chi connectivity index (χ3n) is 3.58. The van der Waals surface area contributed by atoms with E-state index < -0.39 is 0 Å². The molecule has 0 aliphatic carbocycles. The summed E-state index contributed by atoms with van der Waals surface area (Å²) >= 11 is 0. The largest absolute Gasteiger partial charge is 0.476 e. The van der Waals surface area contributed by atoms with Crippen LogP contribution in [0.15, 0.2) is 12.1 Å². The van der Waals surface area contributed by atoms with E-state index in [1.807, 2.05) is 12.1 Å². The molecule has 0 aromatic carbocycles. The van der Waals surface area contributed by atoms with Gasteiger partial charge in [0, 0.05) is 19.7 Å². The van der Waals surface area contributed by atoms with E-state index in [4.69, 9.17) is 15.2 Å². The summed E-state index contributed by atoms with van der Waals surface area (Å²) in [7, 11) is 0. The lowest BCUT2D eigenvalue weighted by Gasteiger charge is -2.25. The monoisotopic (exact) mass is 293 g/mol. The zero-order valence-electron chi connectivity index (χ0n) is 13.3. The second-order valence-electron chi connectivity index (χ2n) is 5.94. The van der Waals surface area contributed by atoms with Crippen LogP contribution < -0.4 is 15.4 Å². The van der Waals surface area contributed by atoms with Crippen LogP contribution in [0.25, 0.3) is 0 Å². The Bertz CT molecular complexity index is 445. The molecule has 1 aromatic rings. The third kappa shape index (κ3) is 4.49. The van der Waals surface area contributed by atoms with Gasteiger partial charge in [0.15, 0.2) is 0 Å². The molecule has 0 radical (unpaired) electrons. The lowest BCUT2D eigenvalue weighted by atomic mass is 10.2. The first-order valence-electron chi connectivity index (χ1n) is 7.86. The quantitative estimate of drug-likeness (QED) is 0.837. The van der Waals surface area contributed by atoms with Crippen LogP contribution in [0.5, 0.6) is 5.88 Å². The minimum Gasteiger partial charge on any atom is -0.476 e. The molecule has 5 nitrogen and oxygen atoms in total. The molecule has 0 bridgehead atoms. The predicted molar refractivity (Wildman–Crippen MR) is 85.8 cm³/mol. The second-order valence-corrected chi connectivity index (χ2v) is 5.94. The Balaban J connectivity index is 2.07. The molecule has 1 unspecified atom stereocenters. The van der Waals surface area contributed by atoms with Gasteiger partial charge in [-0.3, -0.25) is 0 Å². The van der Waals surface area contributed by atoms with E-state index in [0.717, 1.165) is 38.4 Å². The minimum absolute atomic E-state index is 0.310. The van der Waals surface area contributed by atoms with Gasteiger partial charge in [-0.05, 0) is 37.8 Å². The Morgan fingerprint density at radius 3 is 2.90 bits per heavy atom. The molecule has 2 rings (SSSR count). The number of ether oxygens (including phenoxy) is 2. The number of nitrogen functional groups attached to an aromatic ring is 1. The topological polar surface area (TPSA) is 60.6 Å². The van der Waals surface area contributed by atoms with Crippen molar-refractivity contribution in [2.45, 2.75) is 39.7 Å². The van der Waals surface area contributed by atoms with Crippen LogP contribution in [0.3, 0.4) is 0 Å². The third-order valence-corrected chi connectivity index (χ3v) is 3.58. The average molecular weight is 293 g/mol. The summed E-state index contributed by atoms with van der Waals surface area (Å²) in [5.74, 6) is 1.89. The van der Waals surface area contributed by atoms with Gasteiger partial charge in [0.25, 0.3) is 0 Å². The zero-order valence-corrected chi connectivity index (χ0v) is 13.3. The first kappa shape index (κ1) is 15.9. The Labute approximate surface area is 127 Å². The van der Waals surface area contributed by atoms with Gasteiger partial charge in [-0.1, -0.05) is 13.8 Å². The van der Waals surface area contributed by atoms with E-state index in [-0.39, 0.29) is 0 Å². The molecule has 1 aromatic heterocycles. The van der Waals surface area contributed by atoms with Crippen LogP contribution >= 0.6 is 0 Å². The molecule has 2 heterocycles. The van der Waals surface area contributed by atoms with Crippen molar-refractivity contribution in [2.75, 3.05) is 36.9 Å². The number of likely N-dealkylation sites (N-methyl/N-ethyl adjacent to an activating group) is 1. The Morgan fingerprint density at radius 2 is 2.29 bits per heavy atom. The van der Waals surface area contributed by atoms with Gasteiger partial charge in [-0.2, -0.15) is 4.98 Å². The fourth-order valence-corrected chi connectivity index (χ4v) is 2.40. The molecule has 2 N–H and O–H groups in total. The lowest BCUT2D eigenvalue weighted by molar-refractivity contribution is 0.115. The Kier molecular flexibility index (Phi) is 5.67. The summed E-state index contributed by atoms with van der Waals surface area (Å²) < 4.78 is 11.4. The summed E-state index contributed by atoms with van der Waals surface area (Å²) in [6.07, 6.45) is 2.59. The molecular weight excluding hydrogens is 266 g/mol. The molecule has 0 amide bonds. The number of hydrogen-bond donors (Lipinski definition) is 1. The molecular formula is C16H27N3O2. The Morgan fingerprint density at radius 1 is 1.48 bits per heavy atom. The molecule has 118 valence electrons. The lowest BCUT2D eigenvalue weighted by Crippen LogP contribution is -2.32. The molecule has 1 fully saturated rings. The second kappa shape index (κ2) is 7.50. The minimum atomic E-state index is 0.310. The van der Waals surface area contributed by atoms with Gasteiger partial charge in [-0.15, -0.1) is 0 Å². The number of nitrogens with zero attached hydrogens (tertiary/aromatic N) is 2. The predicted octanol–water partition coefficient (Wildman–Crippen LogP) is 2.70. The van der Waals surface area contributed by atoms with Gasteiger partial charge >= 0.3 is 0 Å². The molecule has 0 spiro atoms. The molecule has 1 saturated heterocycles. The van der Waals surface area contributed by atoms with E-state index >= 15 is 0 Å². The fourth-order valence-electron chi connectivity index (χ4n) is 2.40. The smallest absolute Gasteiger partial charge is 0.239 e. The Hall–Kier alpha value is -1.49. The summed E-state index contributed by atoms with van der Waals surface area (Å²) in [6, 6.07) is 3.83. The molecule has 21 heavy (non-hydrogen) atoms. The number of pyridine rings is 1. The van der Waals surface area contributed by atoms with Gasteiger partial charge in [0.1, 0.15) is 5.82 Å². The maximum Gasteiger partial charge on any atom is 0.239 e. The first-order chi connectivity index (χ1) is 10.1. The van der Waals surface area contributed by atoms with Crippen LogP contribution in [0.2, 0.25) is 0 Å². The normalized spacial score (nSPS) is 18.2. The maximum atomic E-state index is 5.95. The van der Waals surface area contributed by atoms with E-state index in [0.29, 0.717) is 30.2 Å². The summed E-state index contributed by atoms with van der Waals surface area (Å²) in [4.78, 5) is 6.80. The van der Waals surface area contributed by atoms with Crippen LogP contribution in [0.1, 0.15) is 33.6 Å². The van der Waals surface area contributed by atoms with Crippen molar-refractivity contribution in [1.82, 2.24) is 4.98 Å². The van der Waals surface area contributed by atoms with Gasteiger partial charge < -0.3 is 20.1 Å². The highest BCUT2D eigenvalue weighted by Gasteiger charge is 2.20. The van der Waals surface area contributed by atoms with Crippen molar-refractivity contribution < 1.29 is 9.47 Å². The van der Waals surface area contributed by atoms with Crippen LogP contribution in [0, 0.1) is 5.92 Å². The van der Waals surface area contributed by atoms with Gasteiger partial charge in [0.05, 0.1) is 18.4 Å². The average Bonchev–Trinajstić information content (AvgIpc) is 2.97. The van der Waals surface area contributed by atoms with Crippen molar-refractivity contribution >= 4 is 11.5 Å². The van der Waals surface area contributed by atoms with Gasteiger partial charge in [-0.25, -0.2) is 0 Å². The first-order valence-corrected chi connectivity index (χ1v) is 7.86. The SMILES string of the molecule is CCN(CC1CCCO1)c1ccc(N)c(OCC(C)C)n1. The van der Waals surface area contributed by atoms with E-state index in [1.165, 1.54) is 0 Å². The van der Waals surface area contributed by atoms with Crippen LogP contribution in [-0.4, -0.2) is 37.4 Å². The zero-order chi connectivity index (χ0) is 15.2. The summed E-state index contributed by atoms with van der Waals surface area (Å²) in [5, 5.41) is 0. The number of rotatable bonds is 7. The highest BCUT2D eigenvalue weighted by atomic mass is 16.5. The molecule has 1 atom stereocenters. The molecule has 1 aliphatic rings. The summed E-state index contributed by atoms with van der Waals surface area (Å²) in [5.41, 5.74) is 6.54. The fraction of sp³-hybridized carbons (Fsp3) is 0.688. The number of hydrogen-bond acceptors (Lipinski definition) is 5. The molecule has 0 saturated carbocycles. The van der Waals surface area contributed by atoms with Crippen molar-refractivity contribution in [1.29, 1.82) is 0 Å². The van der Waals surface area contributed by atoms with E-state index in [1.54, 1.807) is 0 Å². The summed E-state index contributed by atoms with van der Waals surface area (Å²) in [6.45, 7) is 9.60. The maximum absolute atomic E-state index is 5.95. The van der Waals surface area contributed by atoms with E-state index in [9.17, 15) is 0 Å². The van der Waals surface area contributed by atoms with Crippen molar-refractivity contribution in [3.05, 3.63) is 12.1 Å². The van der Waals surface area contributed by atoms with Gasteiger partial charge in [0.2, 0.25) is 5.88 Å². The highest BCUT2D eigenvalue weighted by molar-refractivity contribution is 5.54. The van der Waals surface area contributed by atoms with Crippen LogP contribution in [0.4, 0.5) is 11.5 Å². The number of anilines is 2. The van der Waals surface area contributed by atoms with Crippen LogP contribution in [-0.2, 0) is 4.74 Å². The number of nitrogens with two attached hydrogens (primary N) is 1. The van der Waals surface area contributed by atoms with Crippen molar-refractivity contribution in [3.8, 4) is 5.88 Å². The highest BCUT2D eigenvalue weighted by Crippen LogP contribution is 2.25. The van der Waals surface area contributed by atoms with E-state index in [2.05, 4.69) is 30.7 Å². The van der Waals surface area contributed by atoms with Crippen molar-refractivity contribution in [3.63, 3.8) is 0 Å². The molecule has 5 heteroatoms.